The molecule has 0 amide bonds. The maximum Gasteiger partial charge on any atom is 0.351 e. The average molecular weight is 397 g/mol. The van der Waals surface area contributed by atoms with Gasteiger partial charge in [0.2, 0.25) is 0 Å². The van der Waals surface area contributed by atoms with E-state index in [1.54, 1.807) is 0 Å². The first-order valence-corrected chi connectivity index (χ1v) is 9.14. The first-order valence-electron chi connectivity index (χ1n) is 9.14. The summed E-state index contributed by atoms with van der Waals surface area (Å²) in [7, 11) is 0. The fourth-order valence-electron chi connectivity index (χ4n) is 4.33. The molecule has 146 valence electrons. The Morgan fingerprint density at radius 2 is 1.96 bits per heavy atom. The minimum Gasteiger partial charge on any atom is -0.332 e. The van der Waals surface area contributed by atoms with Crippen LogP contribution in [0.25, 0.3) is 11.0 Å². The summed E-state index contributed by atoms with van der Waals surface area (Å²) in [5, 5.41) is 6.89. The van der Waals surface area contributed by atoms with E-state index >= 15 is 0 Å². The molecule has 2 aromatic heterocycles. The summed E-state index contributed by atoms with van der Waals surface area (Å²) in [6.45, 7) is 1.84. The van der Waals surface area contributed by atoms with Gasteiger partial charge in [-0.25, -0.2) is 14.2 Å². The average Bonchev–Trinajstić information content (AvgIpc) is 3.36. The molecule has 0 aromatic carbocycles. The Morgan fingerprint density at radius 3 is 2.70 bits per heavy atom. The Hall–Kier alpha value is -1.97. The molecule has 8 nitrogen and oxygen atoms in total. The number of fused-ring (bicyclic) bond motifs is 2. The lowest BCUT2D eigenvalue weighted by molar-refractivity contribution is 0.270. The van der Waals surface area contributed by atoms with Gasteiger partial charge in [-0.3, -0.25) is 9.36 Å². The van der Waals surface area contributed by atoms with Crippen LogP contribution in [0.1, 0.15) is 43.5 Å². The Labute approximate surface area is 160 Å². The Kier molecular flexibility index (Phi) is 4.48. The minimum atomic E-state index is -0.712. The van der Waals surface area contributed by atoms with Crippen LogP contribution < -0.4 is 27.7 Å². The van der Waals surface area contributed by atoms with Crippen molar-refractivity contribution in [3.63, 3.8) is 0 Å². The summed E-state index contributed by atoms with van der Waals surface area (Å²) in [5.41, 5.74) is -0.775. The molecule has 2 aromatic rings. The Bertz CT molecular complexity index is 1020. The van der Waals surface area contributed by atoms with Crippen molar-refractivity contribution in [3.8, 4) is 0 Å². The summed E-state index contributed by atoms with van der Waals surface area (Å²) in [4.78, 5) is 29.3. The molecule has 2 saturated heterocycles. The first-order chi connectivity index (χ1) is 12.5. The van der Waals surface area contributed by atoms with Gasteiger partial charge in [-0.05, 0) is 44.2 Å². The van der Waals surface area contributed by atoms with Crippen LogP contribution in [0.2, 0.25) is 0 Å². The molecule has 3 aliphatic rings. The lowest BCUT2D eigenvalue weighted by Crippen LogP contribution is -2.45. The van der Waals surface area contributed by atoms with Crippen molar-refractivity contribution in [2.45, 2.75) is 43.8 Å². The standard InChI is InChI=1S/C17H21FN6O2.ClH/c18-11-5-10-15(23(9-2-3-9)17(26)24(19)16(10)25)22-14(11)12-4-1-8-6-20-7-13(8)21-12;/h5,8-9,12-13,20-21H,1-4,6-7,19H2;1H. The molecule has 0 radical (unpaired) electrons. The molecule has 27 heavy (non-hydrogen) atoms. The quantitative estimate of drug-likeness (QED) is 0.625. The van der Waals surface area contributed by atoms with Crippen LogP contribution in [0.3, 0.4) is 0 Å². The number of halogens is 2. The minimum absolute atomic E-state index is 0. The van der Waals surface area contributed by atoms with Crippen LogP contribution >= 0.6 is 12.4 Å². The molecule has 5 rings (SSSR count). The van der Waals surface area contributed by atoms with Crippen molar-refractivity contribution < 1.29 is 4.39 Å². The summed E-state index contributed by atoms with van der Waals surface area (Å²) < 4.78 is 16.8. The van der Waals surface area contributed by atoms with Crippen LogP contribution in [-0.4, -0.2) is 33.4 Å². The molecule has 4 N–H and O–H groups in total. The van der Waals surface area contributed by atoms with Crippen molar-refractivity contribution in [1.82, 2.24) is 24.9 Å². The third-order valence-corrected chi connectivity index (χ3v) is 5.90. The first kappa shape index (κ1) is 18.4. The second kappa shape index (κ2) is 6.57. The predicted molar refractivity (Wildman–Crippen MR) is 101 cm³/mol. The lowest BCUT2D eigenvalue weighted by atomic mass is 9.88. The third kappa shape index (κ3) is 2.84. The van der Waals surface area contributed by atoms with Gasteiger partial charge in [0.1, 0.15) is 5.82 Å². The van der Waals surface area contributed by atoms with Crippen LogP contribution in [0.15, 0.2) is 15.7 Å². The molecule has 10 heteroatoms. The predicted octanol–water partition coefficient (Wildman–Crippen LogP) is 0.180. The number of nitrogen functional groups attached to an aromatic ring is 1. The third-order valence-electron chi connectivity index (χ3n) is 5.90. The van der Waals surface area contributed by atoms with E-state index in [0.717, 1.165) is 38.8 Å². The SMILES string of the molecule is Cl.Nn1c(=O)c2cc(F)c(C3CCC4CNCC4N3)nc2n(C2CC2)c1=O. The normalized spacial score (nSPS) is 27.4. The maximum absolute atomic E-state index is 14.8. The number of aromatic nitrogens is 3. The van der Waals surface area contributed by atoms with E-state index < -0.39 is 17.1 Å². The van der Waals surface area contributed by atoms with E-state index in [9.17, 15) is 14.0 Å². The van der Waals surface area contributed by atoms with Gasteiger partial charge in [-0.2, -0.15) is 4.68 Å². The van der Waals surface area contributed by atoms with Crippen molar-refractivity contribution in [3.05, 3.63) is 38.4 Å². The highest BCUT2D eigenvalue weighted by Gasteiger charge is 2.36. The lowest BCUT2D eigenvalue weighted by Gasteiger charge is -2.32. The summed E-state index contributed by atoms with van der Waals surface area (Å²) in [6, 6.07) is 1.24. The van der Waals surface area contributed by atoms with Crippen molar-refractivity contribution >= 4 is 23.4 Å². The van der Waals surface area contributed by atoms with Crippen LogP contribution in [0.5, 0.6) is 0 Å². The van der Waals surface area contributed by atoms with Crippen LogP contribution in [0.4, 0.5) is 4.39 Å². The number of hydrogen-bond donors (Lipinski definition) is 3. The molecule has 1 saturated carbocycles. The highest BCUT2D eigenvalue weighted by Crippen LogP contribution is 2.36. The van der Waals surface area contributed by atoms with Crippen molar-refractivity contribution in [2.24, 2.45) is 5.92 Å². The number of nitrogens with two attached hydrogens (primary N) is 1. The summed E-state index contributed by atoms with van der Waals surface area (Å²) in [5.74, 6) is 5.63. The largest absolute Gasteiger partial charge is 0.351 e. The topological polar surface area (TPSA) is 107 Å². The van der Waals surface area contributed by atoms with Gasteiger partial charge in [0, 0.05) is 18.6 Å². The zero-order valence-electron chi connectivity index (χ0n) is 14.7. The van der Waals surface area contributed by atoms with Gasteiger partial charge in [0.25, 0.3) is 5.56 Å². The van der Waals surface area contributed by atoms with Crippen molar-refractivity contribution in [1.29, 1.82) is 0 Å². The van der Waals surface area contributed by atoms with Gasteiger partial charge < -0.3 is 16.5 Å². The number of pyridine rings is 1. The Balaban J connectivity index is 0.00000180. The number of rotatable bonds is 2. The smallest absolute Gasteiger partial charge is 0.332 e. The fourth-order valence-corrected chi connectivity index (χ4v) is 4.33. The molecule has 0 bridgehead atoms. The summed E-state index contributed by atoms with van der Waals surface area (Å²) >= 11 is 0. The van der Waals surface area contributed by atoms with Gasteiger partial charge in [0.15, 0.2) is 5.65 Å². The Morgan fingerprint density at radius 1 is 1.19 bits per heavy atom. The zero-order valence-corrected chi connectivity index (χ0v) is 15.5. The van der Waals surface area contributed by atoms with E-state index in [0.29, 0.717) is 16.6 Å². The molecule has 2 aliphatic heterocycles. The number of hydrogen-bond acceptors (Lipinski definition) is 6. The zero-order chi connectivity index (χ0) is 18.0. The van der Waals surface area contributed by atoms with Crippen LogP contribution in [-0.2, 0) is 0 Å². The highest BCUT2D eigenvalue weighted by atomic mass is 35.5. The molecule has 3 atom stereocenters. The van der Waals surface area contributed by atoms with E-state index in [1.807, 2.05) is 0 Å². The second-order valence-corrected chi connectivity index (χ2v) is 7.61. The molecule has 0 spiro atoms. The monoisotopic (exact) mass is 396 g/mol. The number of nitrogens with zero attached hydrogens (tertiary/aromatic N) is 3. The molecular weight excluding hydrogens is 375 g/mol. The van der Waals surface area contributed by atoms with Gasteiger partial charge in [-0.1, -0.05) is 0 Å². The maximum atomic E-state index is 14.8. The van der Waals surface area contributed by atoms with Gasteiger partial charge >= 0.3 is 5.69 Å². The second-order valence-electron chi connectivity index (χ2n) is 7.61. The number of nitrogens with one attached hydrogen (secondary N) is 2. The van der Waals surface area contributed by atoms with E-state index in [4.69, 9.17) is 5.84 Å². The van der Waals surface area contributed by atoms with Crippen molar-refractivity contribution in [2.75, 3.05) is 18.9 Å². The molecule has 3 fully saturated rings. The fraction of sp³-hybridized carbons (Fsp3) is 0.588. The molecular formula is C17H22ClFN6O2. The van der Waals surface area contributed by atoms with Crippen LogP contribution in [0, 0.1) is 11.7 Å². The highest BCUT2D eigenvalue weighted by molar-refractivity contribution is 5.85. The van der Waals surface area contributed by atoms with E-state index in [2.05, 4.69) is 15.6 Å². The van der Waals surface area contributed by atoms with E-state index in [-0.39, 0.29) is 41.2 Å². The molecule has 4 heterocycles. The summed E-state index contributed by atoms with van der Waals surface area (Å²) in [6.07, 6.45) is 3.44. The van der Waals surface area contributed by atoms with Gasteiger partial charge in [-0.15, -0.1) is 12.4 Å². The molecule has 1 aliphatic carbocycles. The molecule has 3 unspecified atom stereocenters. The number of piperidine rings is 1. The van der Waals surface area contributed by atoms with E-state index in [1.165, 1.54) is 10.6 Å². The van der Waals surface area contributed by atoms with Gasteiger partial charge in [0.05, 0.1) is 17.1 Å².